The molecule has 224 valence electrons. The lowest BCUT2D eigenvalue weighted by Crippen LogP contribution is -2.52. The Labute approximate surface area is 258 Å². The van der Waals surface area contributed by atoms with Gasteiger partial charge in [-0.3, -0.25) is 13.9 Å². The molecule has 3 aromatic carbocycles. The van der Waals surface area contributed by atoms with E-state index in [1.807, 2.05) is 26.8 Å². The Hall–Kier alpha value is -3.07. The van der Waals surface area contributed by atoms with Crippen molar-refractivity contribution < 1.29 is 18.0 Å². The van der Waals surface area contributed by atoms with E-state index in [1.54, 1.807) is 49.4 Å². The first-order chi connectivity index (χ1) is 19.9. The average molecular weight is 631 g/mol. The summed E-state index contributed by atoms with van der Waals surface area (Å²) in [6, 6.07) is 15.9. The number of aryl methyl sites for hydroxylation is 3. The largest absolute Gasteiger partial charge is 0.352 e. The normalized spacial score (nSPS) is 14.4. The zero-order valence-corrected chi connectivity index (χ0v) is 26.7. The van der Waals surface area contributed by atoms with Crippen molar-refractivity contribution in [2.45, 2.75) is 76.9 Å². The first kappa shape index (κ1) is 31.9. The predicted molar refractivity (Wildman–Crippen MR) is 168 cm³/mol. The van der Waals surface area contributed by atoms with Crippen LogP contribution in [0.4, 0.5) is 5.69 Å². The van der Waals surface area contributed by atoms with Gasteiger partial charge in [0, 0.05) is 22.6 Å². The van der Waals surface area contributed by atoms with E-state index in [0.29, 0.717) is 21.3 Å². The standard InChI is InChI=1S/C32H37Cl2N3O4S/c1-21-9-15-29(16-10-21)42(40,41)37(28-14-11-22(2)23(3)17-28)20-31(38)36(19-25-12-13-26(33)18-30(25)34)24(4)32(39)35-27-7-5-6-8-27/h9-18,24,27H,5-8,19-20H2,1-4H3,(H,35,39). The van der Waals surface area contributed by atoms with Gasteiger partial charge in [0.1, 0.15) is 12.6 Å². The van der Waals surface area contributed by atoms with Crippen LogP contribution in [0, 0.1) is 20.8 Å². The van der Waals surface area contributed by atoms with Gasteiger partial charge in [0.2, 0.25) is 11.8 Å². The van der Waals surface area contributed by atoms with Crippen LogP contribution >= 0.6 is 23.2 Å². The maximum Gasteiger partial charge on any atom is 0.264 e. The third-order valence-corrected chi connectivity index (χ3v) is 10.3. The first-order valence-corrected chi connectivity index (χ1v) is 16.3. The molecule has 0 bridgehead atoms. The molecular weight excluding hydrogens is 593 g/mol. The second-order valence-corrected chi connectivity index (χ2v) is 13.7. The van der Waals surface area contributed by atoms with Gasteiger partial charge >= 0.3 is 0 Å². The quantitative estimate of drug-likeness (QED) is 0.274. The van der Waals surface area contributed by atoms with Crippen molar-refractivity contribution in [3.05, 3.63) is 93.0 Å². The average Bonchev–Trinajstić information content (AvgIpc) is 3.45. The molecular formula is C32H37Cl2N3O4S. The van der Waals surface area contributed by atoms with E-state index >= 15 is 0 Å². The molecule has 0 radical (unpaired) electrons. The fraction of sp³-hybridized carbons (Fsp3) is 0.375. The van der Waals surface area contributed by atoms with Gasteiger partial charge in [-0.15, -0.1) is 0 Å². The molecule has 7 nitrogen and oxygen atoms in total. The lowest BCUT2D eigenvalue weighted by Gasteiger charge is -2.33. The van der Waals surface area contributed by atoms with Crippen LogP contribution in [0.15, 0.2) is 65.6 Å². The smallest absolute Gasteiger partial charge is 0.264 e. The van der Waals surface area contributed by atoms with Crippen molar-refractivity contribution >= 4 is 50.7 Å². The summed E-state index contributed by atoms with van der Waals surface area (Å²) in [5.41, 5.74) is 3.75. The minimum atomic E-state index is -4.14. The van der Waals surface area contributed by atoms with E-state index in [2.05, 4.69) is 5.32 Å². The van der Waals surface area contributed by atoms with E-state index < -0.39 is 28.5 Å². The molecule has 0 saturated heterocycles. The van der Waals surface area contributed by atoms with Crippen LogP contribution in [0.1, 0.15) is 54.9 Å². The SMILES string of the molecule is Cc1ccc(S(=O)(=O)N(CC(=O)N(Cc2ccc(Cl)cc2Cl)C(C)C(=O)NC2CCCC2)c2ccc(C)c(C)c2)cc1. The summed E-state index contributed by atoms with van der Waals surface area (Å²) in [6.45, 7) is 6.84. The number of carbonyl (C=O) groups excluding carboxylic acids is 2. The number of benzene rings is 3. The Kier molecular flexibility index (Phi) is 10.2. The number of hydrogen-bond acceptors (Lipinski definition) is 4. The van der Waals surface area contributed by atoms with Crippen molar-refractivity contribution in [1.82, 2.24) is 10.2 Å². The second-order valence-electron chi connectivity index (χ2n) is 11.0. The minimum absolute atomic E-state index is 0.000562. The minimum Gasteiger partial charge on any atom is -0.352 e. The Morgan fingerprint density at radius 3 is 2.21 bits per heavy atom. The van der Waals surface area contributed by atoms with Gasteiger partial charge < -0.3 is 10.2 Å². The number of anilines is 1. The van der Waals surface area contributed by atoms with Gasteiger partial charge in [0.05, 0.1) is 10.6 Å². The predicted octanol–water partition coefficient (Wildman–Crippen LogP) is 6.59. The van der Waals surface area contributed by atoms with Crippen molar-refractivity contribution in [3.63, 3.8) is 0 Å². The molecule has 0 spiro atoms. The van der Waals surface area contributed by atoms with E-state index in [-0.39, 0.29) is 23.4 Å². The number of carbonyl (C=O) groups is 2. The third-order valence-electron chi connectivity index (χ3n) is 7.89. The Bertz CT molecular complexity index is 1550. The van der Waals surface area contributed by atoms with Gasteiger partial charge in [-0.1, -0.05) is 65.9 Å². The number of hydrogen-bond donors (Lipinski definition) is 1. The summed E-state index contributed by atoms with van der Waals surface area (Å²) < 4.78 is 29.2. The number of rotatable bonds is 10. The Morgan fingerprint density at radius 1 is 0.929 bits per heavy atom. The number of amides is 2. The van der Waals surface area contributed by atoms with E-state index in [0.717, 1.165) is 46.7 Å². The highest BCUT2D eigenvalue weighted by atomic mass is 35.5. The van der Waals surface area contributed by atoms with E-state index in [4.69, 9.17) is 23.2 Å². The highest BCUT2D eigenvalue weighted by Crippen LogP contribution is 2.28. The van der Waals surface area contributed by atoms with Crippen LogP contribution in [0.3, 0.4) is 0 Å². The van der Waals surface area contributed by atoms with Gasteiger partial charge in [-0.05, 0) is 93.6 Å². The van der Waals surface area contributed by atoms with Crippen LogP contribution in [0.25, 0.3) is 0 Å². The van der Waals surface area contributed by atoms with Crippen molar-refractivity contribution in [2.24, 2.45) is 0 Å². The van der Waals surface area contributed by atoms with Crippen LogP contribution in [0.5, 0.6) is 0 Å². The molecule has 1 aliphatic carbocycles. The molecule has 0 aliphatic heterocycles. The zero-order valence-electron chi connectivity index (χ0n) is 24.4. The highest BCUT2D eigenvalue weighted by Gasteiger charge is 2.33. The second kappa shape index (κ2) is 13.5. The van der Waals surface area contributed by atoms with Gasteiger partial charge in [0.15, 0.2) is 0 Å². The van der Waals surface area contributed by atoms with E-state index in [1.165, 1.54) is 17.0 Å². The number of nitrogens with zero attached hydrogens (tertiary/aromatic N) is 2. The monoisotopic (exact) mass is 629 g/mol. The van der Waals surface area contributed by atoms with Crippen LogP contribution in [-0.4, -0.2) is 43.8 Å². The molecule has 0 heterocycles. The fourth-order valence-corrected chi connectivity index (χ4v) is 6.93. The zero-order chi connectivity index (χ0) is 30.6. The lowest BCUT2D eigenvalue weighted by molar-refractivity contribution is -0.139. The summed E-state index contributed by atoms with van der Waals surface area (Å²) in [5, 5.41) is 3.86. The summed E-state index contributed by atoms with van der Waals surface area (Å²) in [4.78, 5) is 29.0. The molecule has 1 fully saturated rings. The number of nitrogens with one attached hydrogen (secondary N) is 1. The maximum absolute atomic E-state index is 14.1. The fourth-order valence-electron chi connectivity index (χ4n) is 5.05. The Morgan fingerprint density at radius 2 is 1.60 bits per heavy atom. The molecule has 1 atom stereocenters. The molecule has 1 saturated carbocycles. The van der Waals surface area contributed by atoms with Crippen LogP contribution in [0.2, 0.25) is 10.0 Å². The molecule has 3 aromatic rings. The van der Waals surface area contributed by atoms with Crippen LogP contribution in [-0.2, 0) is 26.2 Å². The van der Waals surface area contributed by atoms with Gasteiger partial charge in [-0.2, -0.15) is 0 Å². The summed E-state index contributed by atoms with van der Waals surface area (Å²) in [5.74, 6) is -0.830. The summed E-state index contributed by atoms with van der Waals surface area (Å²) in [7, 11) is -4.14. The van der Waals surface area contributed by atoms with Crippen LogP contribution < -0.4 is 9.62 Å². The first-order valence-electron chi connectivity index (χ1n) is 14.1. The topological polar surface area (TPSA) is 86.8 Å². The third kappa shape index (κ3) is 7.46. The van der Waals surface area contributed by atoms with Crippen molar-refractivity contribution in [3.8, 4) is 0 Å². The highest BCUT2D eigenvalue weighted by molar-refractivity contribution is 7.92. The van der Waals surface area contributed by atoms with Gasteiger partial charge in [0.25, 0.3) is 10.0 Å². The van der Waals surface area contributed by atoms with E-state index in [9.17, 15) is 18.0 Å². The Balaban J connectivity index is 1.72. The molecule has 4 rings (SSSR count). The number of halogens is 2. The number of sulfonamides is 1. The van der Waals surface area contributed by atoms with Gasteiger partial charge in [-0.25, -0.2) is 8.42 Å². The summed E-state index contributed by atoms with van der Waals surface area (Å²) in [6.07, 6.45) is 3.88. The lowest BCUT2D eigenvalue weighted by atomic mass is 10.1. The molecule has 1 N–H and O–H groups in total. The molecule has 10 heteroatoms. The van der Waals surface area contributed by atoms with Crippen molar-refractivity contribution in [2.75, 3.05) is 10.8 Å². The van der Waals surface area contributed by atoms with Crippen molar-refractivity contribution in [1.29, 1.82) is 0 Å². The summed E-state index contributed by atoms with van der Waals surface area (Å²) >= 11 is 12.6. The molecule has 42 heavy (non-hydrogen) atoms. The molecule has 1 unspecified atom stereocenters. The molecule has 0 aromatic heterocycles. The molecule has 2 amide bonds. The maximum atomic E-state index is 14.1. The molecule has 1 aliphatic rings.